The van der Waals surface area contributed by atoms with Crippen LogP contribution < -0.4 is 10.6 Å². The minimum Gasteiger partial charge on any atom is -0.373 e. The van der Waals surface area contributed by atoms with E-state index in [9.17, 15) is 0 Å². The molecular formula is C18H36N4O2. The van der Waals surface area contributed by atoms with Crippen LogP contribution in [-0.2, 0) is 9.47 Å². The standard InChI is InChI=1S/C18H36N4O2/c1-14-10-22(11-15(2)24-14)17(3,4)12-20-16(19-6)21-13-18(5)8-7-9-23-18/h14-15H,7-13H2,1-6H3,(H2,19,20,21). The topological polar surface area (TPSA) is 58.1 Å². The van der Waals surface area contributed by atoms with Crippen molar-refractivity contribution in [1.29, 1.82) is 0 Å². The fraction of sp³-hybridized carbons (Fsp3) is 0.944. The molecule has 2 rings (SSSR count). The number of rotatable bonds is 5. The van der Waals surface area contributed by atoms with Gasteiger partial charge in [-0.2, -0.15) is 0 Å². The van der Waals surface area contributed by atoms with E-state index >= 15 is 0 Å². The number of aliphatic imine (C=N–C) groups is 1. The first-order valence-corrected chi connectivity index (χ1v) is 9.23. The third kappa shape index (κ3) is 5.33. The zero-order valence-electron chi connectivity index (χ0n) is 16.3. The molecular weight excluding hydrogens is 304 g/mol. The fourth-order valence-corrected chi connectivity index (χ4v) is 3.55. The minimum absolute atomic E-state index is 0.0394. The Hall–Kier alpha value is -0.850. The van der Waals surface area contributed by atoms with E-state index in [2.05, 4.69) is 55.1 Å². The smallest absolute Gasteiger partial charge is 0.191 e. The van der Waals surface area contributed by atoms with Gasteiger partial charge in [0.25, 0.3) is 0 Å². The molecule has 2 saturated heterocycles. The van der Waals surface area contributed by atoms with Gasteiger partial charge in [0, 0.05) is 45.4 Å². The molecule has 0 aromatic rings. The zero-order chi connectivity index (χ0) is 17.8. The first-order chi connectivity index (χ1) is 11.2. The second kappa shape index (κ2) is 8.02. The van der Waals surface area contributed by atoms with Crippen molar-refractivity contribution in [3.8, 4) is 0 Å². The van der Waals surface area contributed by atoms with Crippen LogP contribution in [0.3, 0.4) is 0 Å². The van der Waals surface area contributed by atoms with Crippen molar-refractivity contribution in [1.82, 2.24) is 15.5 Å². The number of nitrogens with one attached hydrogen (secondary N) is 2. The molecule has 0 aromatic carbocycles. The summed E-state index contributed by atoms with van der Waals surface area (Å²) in [6, 6.07) is 0. The molecule has 24 heavy (non-hydrogen) atoms. The Kier molecular flexibility index (Phi) is 6.51. The Morgan fingerprint density at radius 1 is 1.25 bits per heavy atom. The van der Waals surface area contributed by atoms with E-state index in [1.165, 1.54) is 0 Å². The van der Waals surface area contributed by atoms with Crippen molar-refractivity contribution >= 4 is 5.96 Å². The third-order valence-corrected chi connectivity index (χ3v) is 5.12. The summed E-state index contributed by atoms with van der Waals surface area (Å²) in [5, 5.41) is 6.89. The molecule has 2 N–H and O–H groups in total. The molecule has 0 radical (unpaired) electrons. The van der Waals surface area contributed by atoms with Crippen molar-refractivity contribution in [2.24, 2.45) is 4.99 Å². The van der Waals surface area contributed by atoms with E-state index in [0.717, 1.165) is 51.6 Å². The number of hydrogen-bond donors (Lipinski definition) is 2. The lowest BCUT2D eigenvalue weighted by atomic mass is 10.00. The number of ether oxygens (including phenoxy) is 2. The molecule has 3 atom stereocenters. The van der Waals surface area contributed by atoms with Gasteiger partial charge in [-0.25, -0.2) is 0 Å². The first kappa shape index (κ1) is 19.5. The molecule has 3 unspecified atom stereocenters. The molecule has 0 amide bonds. The molecule has 0 saturated carbocycles. The fourth-order valence-electron chi connectivity index (χ4n) is 3.55. The molecule has 2 aliphatic rings. The van der Waals surface area contributed by atoms with Crippen LogP contribution in [0.1, 0.15) is 47.5 Å². The maximum Gasteiger partial charge on any atom is 0.191 e. The van der Waals surface area contributed by atoms with Gasteiger partial charge in [0.2, 0.25) is 0 Å². The highest BCUT2D eigenvalue weighted by atomic mass is 16.5. The van der Waals surface area contributed by atoms with Gasteiger partial charge >= 0.3 is 0 Å². The van der Waals surface area contributed by atoms with Crippen LogP contribution in [0, 0.1) is 0 Å². The summed E-state index contributed by atoms with van der Waals surface area (Å²) in [4.78, 5) is 6.86. The van der Waals surface area contributed by atoms with Crippen LogP contribution in [-0.4, -0.2) is 74.0 Å². The van der Waals surface area contributed by atoms with E-state index < -0.39 is 0 Å². The maximum atomic E-state index is 5.85. The van der Waals surface area contributed by atoms with E-state index in [0.29, 0.717) is 0 Å². The van der Waals surface area contributed by atoms with Crippen LogP contribution in [0.2, 0.25) is 0 Å². The summed E-state index contributed by atoms with van der Waals surface area (Å²) in [6.07, 6.45) is 2.81. The largest absolute Gasteiger partial charge is 0.373 e. The van der Waals surface area contributed by atoms with Crippen molar-refractivity contribution in [2.45, 2.75) is 70.8 Å². The highest BCUT2D eigenvalue weighted by Crippen LogP contribution is 2.24. The van der Waals surface area contributed by atoms with Crippen LogP contribution in [0.4, 0.5) is 0 Å². The molecule has 6 heteroatoms. The molecule has 2 fully saturated rings. The van der Waals surface area contributed by atoms with Crippen LogP contribution in [0.5, 0.6) is 0 Å². The second-order valence-electron chi connectivity index (χ2n) is 8.16. The van der Waals surface area contributed by atoms with Crippen LogP contribution >= 0.6 is 0 Å². The van der Waals surface area contributed by atoms with E-state index in [1.807, 2.05) is 7.05 Å². The van der Waals surface area contributed by atoms with Crippen molar-refractivity contribution in [2.75, 3.05) is 39.8 Å². The third-order valence-electron chi connectivity index (χ3n) is 5.12. The summed E-state index contributed by atoms with van der Waals surface area (Å²) >= 11 is 0. The van der Waals surface area contributed by atoms with Gasteiger partial charge in [-0.15, -0.1) is 0 Å². The average Bonchev–Trinajstić information content (AvgIpc) is 2.93. The predicted octanol–water partition coefficient (Wildman–Crippen LogP) is 1.61. The molecule has 0 aliphatic carbocycles. The Morgan fingerprint density at radius 2 is 1.92 bits per heavy atom. The maximum absolute atomic E-state index is 5.85. The van der Waals surface area contributed by atoms with Gasteiger partial charge in [-0.1, -0.05) is 0 Å². The normalized spacial score (nSPS) is 32.8. The Balaban J connectivity index is 1.82. The predicted molar refractivity (Wildman–Crippen MR) is 98.6 cm³/mol. The van der Waals surface area contributed by atoms with Crippen LogP contribution in [0.15, 0.2) is 4.99 Å². The SMILES string of the molecule is CN=C(NCC1(C)CCCO1)NCC(C)(C)N1CC(C)OC(C)C1. The summed E-state index contributed by atoms with van der Waals surface area (Å²) in [5.41, 5.74) is -0.0279. The molecule has 2 heterocycles. The summed E-state index contributed by atoms with van der Waals surface area (Å²) < 4.78 is 11.7. The Bertz CT molecular complexity index is 423. The van der Waals surface area contributed by atoms with Gasteiger partial charge in [0.05, 0.1) is 17.8 Å². The summed E-state index contributed by atoms with van der Waals surface area (Å²) in [6.45, 7) is 15.4. The molecule has 0 spiro atoms. The van der Waals surface area contributed by atoms with Gasteiger partial charge in [0.15, 0.2) is 5.96 Å². The van der Waals surface area contributed by atoms with Gasteiger partial charge < -0.3 is 20.1 Å². The van der Waals surface area contributed by atoms with Crippen LogP contribution in [0.25, 0.3) is 0 Å². The van der Waals surface area contributed by atoms with Crippen molar-refractivity contribution < 1.29 is 9.47 Å². The Morgan fingerprint density at radius 3 is 2.46 bits per heavy atom. The molecule has 140 valence electrons. The quantitative estimate of drug-likeness (QED) is 0.588. The van der Waals surface area contributed by atoms with E-state index in [4.69, 9.17) is 9.47 Å². The van der Waals surface area contributed by atoms with Gasteiger partial charge in [0.1, 0.15) is 0 Å². The first-order valence-electron chi connectivity index (χ1n) is 9.23. The molecule has 2 aliphatic heterocycles. The lowest BCUT2D eigenvalue weighted by molar-refractivity contribution is -0.0946. The number of guanidine groups is 1. The molecule has 0 aromatic heterocycles. The monoisotopic (exact) mass is 340 g/mol. The van der Waals surface area contributed by atoms with E-state index in [1.54, 1.807) is 0 Å². The average molecular weight is 341 g/mol. The number of nitrogens with zero attached hydrogens (tertiary/aromatic N) is 2. The highest BCUT2D eigenvalue weighted by molar-refractivity contribution is 5.79. The number of morpholine rings is 1. The van der Waals surface area contributed by atoms with Gasteiger partial charge in [-0.3, -0.25) is 9.89 Å². The lowest BCUT2D eigenvalue weighted by Gasteiger charge is -2.45. The van der Waals surface area contributed by atoms with Gasteiger partial charge in [-0.05, 0) is 47.5 Å². The highest BCUT2D eigenvalue weighted by Gasteiger charge is 2.33. The molecule has 0 bridgehead atoms. The lowest BCUT2D eigenvalue weighted by Crippen LogP contribution is -2.59. The zero-order valence-corrected chi connectivity index (χ0v) is 16.3. The van der Waals surface area contributed by atoms with E-state index in [-0.39, 0.29) is 23.3 Å². The second-order valence-corrected chi connectivity index (χ2v) is 8.16. The Labute approximate surface area is 147 Å². The summed E-state index contributed by atoms with van der Waals surface area (Å²) in [7, 11) is 1.82. The van der Waals surface area contributed by atoms with Crippen molar-refractivity contribution in [3.63, 3.8) is 0 Å². The molecule has 6 nitrogen and oxygen atoms in total. The van der Waals surface area contributed by atoms with Crippen molar-refractivity contribution in [3.05, 3.63) is 0 Å². The number of hydrogen-bond acceptors (Lipinski definition) is 4. The summed E-state index contributed by atoms with van der Waals surface area (Å²) in [5.74, 6) is 0.842. The minimum atomic E-state index is -0.0673.